The normalized spacial score (nSPS) is 11.1. The molecule has 0 unspecified atom stereocenters. The summed E-state index contributed by atoms with van der Waals surface area (Å²) in [7, 11) is 0. The van der Waals surface area contributed by atoms with Crippen LogP contribution in [0.25, 0.3) is 67.6 Å². The van der Waals surface area contributed by atoms with Gasteiger partial charge in [-0.15, -0.1) is 10.2 Å². The number of aromatic nitrogens is 4. The minimum Gasteiger partial charge on any atom is -0.416 e. The fourth-order valence-corrected chi connectivity index (χ4v) is 4.69. The van der Waals surface area contributed by atoms with Crippen LogP contribution in [0.1, 0.15) is 0 Å². The van der Waals surface area contributed by atoms with E-state index in [9.17, 15) is 0 Å². The van der Waals surface area contributed by atoms with Crippen molar-refractivity contribution in [3.05, 3.63) is 133 Å². The molecule has 184 valence electrons. The highest BCUT2D eigenvalue weighted by Crippen LogP contribution is 2.34. The van der Waals surface area contributed by atoms with Crippen molar-refractivity contribution in [1.82, 2.24) is 20.2 Å². The van der Waals surface area contributed by atoms with Gasteiger partial charge in [0.1, 0.15) is 0 Å². The lowest BCUT2D eigenvalue weighted by Gasteiger charge is -2.12. The number of nitrogens with zero attached hydrogens (tertiary/aromatic N) is 4. The van der Waals surface area contributed by atoms with E-state index in [-0.39, 0.29) is 0 Å². The lowest BCUT2D eigenvalue weighted by molar-refractivity contribution is 0.584. The number of hydrogen-bond acceptors (Lipinski definition) is 5. The van der Waals surface area contributed by atoms with Gasteiger partial charge in [0.05, 0.1) is 22.4 Å². The molecule has 0 amide bonds. The van der Waals surface area contributed by atoms with Crippen LogP contribution in [0.15, 0.2) is 138 Å². The summed E-state index contributed by atoms with van der Waals surface area (Å²) < 4.78 is 5.93. The summed E-state index contributed by atoms with van der Waals surface area (Å²) in [6, 6.07) is 44.6. The first-order valence-corrected chi connectivity index (χ1v) is 12.7. The van der Waals surface area contributed by atoms with Crippen molar-refractivity contribution in [3.8, 4) is 56.6 Å². The predicted octanol–water partition coefficient (Wildman–Crippen LogP) is 8.35. The quantitative estimate of drug-likeness (QED) is 0.237. The third-order valence-electron chi connectivity index (χ3n) is 6.66. The molecule has 5 nitrogen and oxygen atoms in total. The second-order valence-electron chi connectivity index (χ2n) is 9.21. The van der Waals surface area contributed by atoms with Crippen molar-refractivity contribution < 1.29 is 4.42 Å². The van der Waals surface area contributed by atoms with Gasteiger partial charge >= 0.3 is 0 Å². The maximum atomic E-state index is 5.93. The summed E-state index contributed by atoms with van der Waals surface area (Å²) in [5, 5.41) is 8.46. The van der Waals surface area contributed by atoms with Crippen LogP contribution in [0.2, 0.25) is 0 Å². The first-order chi connectivity index (χ1) is 19.3. The second-order valence-corrected chi connectivity index (χ2v) is 9.21. The Morgan fingerprint density at radius 2 is 0.821 bits per heavy atom. The van der Waals surface area contributed by atoms with Gasteiger partial charge in [0.15, 0.2) is 0 Å². The molecule has 0 aliphatic heterocycles. The lowest BCUT2D eigenvalue weighted by atomic mass is 9.98. The van der Waals surface area contributed by atoms with Crippen LogP contribution in [-0.2, 0) is 0 Å². The van der Waals surface area contributed by atoms with Gasteiger partial charge in [0.2, 0.25) is 11.8 Å². The van der Waals surface area contributed by atoms with E-state index in [2.05, 4.69) is 58.7 Å². The Kier molecular flexibility index (Phi) is 5.72. The first kappa shape index (κ1) is 22.8. The number of fused-ring (bicyclic) bond motifs is 1. The summed E-state index contributed by atoms with van der Waals surface area (Å²) >= 11 is 0. The largest absolute Gasteiger partial charge is 0.416 e. The summed E-state index contributed by atoms with van der Waals surface area (Å²) in [5.74, 6) is 1.00. The second kappa shape index (κ2) is 9.80. The Labute approximate surface area is 225 Å². The third kappa shape index (κ3) is 4.47. The molecule has 5 aromatic carbocycles. The summed E-state index contributed by atoms with van der Waals surface area (Å²) in [6.07, 6.45) is 0. The van der Waals surface area contributed by atoms with E-state index < -0.39 is 0 Å². The molecule has 0 fully saturated rings. The zero-order valence-corrected chi connectivity index (χ0v) is 20.9. The summed E-state index contributed by atoms with van der Waals surface area (Å²) in [6.45, 7) is 0. The highest BCUT2D eigenvalue weighted by atomic mass is 16.4. The van der Waals surface area contributed by atoms with Crippen LogP contribution in [0.4, 0.5) is 0 Å². The molecule has 5 heteroatoms. The monoisotopic (exact) mass is 502 g/mol. The van der Waals surface area contributed by atoms with Gasteiger partial charge in [0.25, 0.3) is 0 Å². The molecule has 0 N–H and O–H groups in total. The van der Waals surface area contributed by atoms with E-state index >= 15 is 0 Å². The van der Waals surface area contributed by atoms with Gasteiger partial charge in [-0.1, -0.05) is 91.0 Å². The Bertz CT molecular complexity index is 1900. The summed E-state index contributed by atoms with van der Waals surface area (Å²) in [5.41, 5.74) is 9.47. The minimum atomic E-state index is 0.494. The Morgan fingerprint density at radius 1 is 0.359 bits per heavy atom. The molecular formula is C34H22N4O. The molecule has 0 aliphatic carbocycles. The molecule has 0 atom stereocenters. The number of hydrogen-bond donors (Lipinski definition) is 0. The van der Waals surface area contributed by atoms with Gasteiger partial charge in [-0.2, -0.15) is 0 Å². The molecular weight excluding hydrogens is 480 g/mol. The fraction of sp³-hybridized carbons (Fsp3) is 0. The Hall–Kier alpha value is -5.42. The van der Waals surface area contributed by atoms with Crippen molar-refractivity contribution in [3.63, 3.8) is 0 Å². The molecule has 0 saturated heterocycles. The number of para-hydroxylation sites is 2. The van der Waals surface area contributed by atoms with Gasteiger partial charge < -0.3 is 4.42 Å². The van der Waals surface area contributed by atoms with Crippen molar-refractivity contribution in [2.45, 2.75) is 0 Å². The zero-order valence-electron chi connectivity index (χ0n) is 20.9. The maximum absolute atomic E-state index is 5.93. The van der Waals surface area contributed by atoms with Crippen LogP contribution < -0.4 is 0 Å². The standard InChI is InChI=1S/C34H22N4O/c1-3-10-24(11-4-1)31-32(36-30-17-8-7-16-29(30)35-31)28-15-9-14-27(22-28)23-18-20-26(21-19-23)34-38-37-33(39-34)25-12-5-2-6-13-25/h1-22H. The van der Waals surface area contributed by atoms with Crippen LogP contribution in [0.3, 0.4) is 0 Å². The Morgan fingerprint density at radius 3 is 1.46 bits per heavy atom. The molecule has 39 heavy (non-hydrogen) atoms. The van der Waals surface area contributed by atoms with Crippen molar-refractivity contribution >= 4 is 11.0 Å². The molecule has 0 radical (unpaired) electrons. The fourth-order valence-electron chi connectivity index (χ4n) is 4.69. The van der Waals surface area contributed by atoms with E-state index in [0.717, 1.165) is 55.8 Å². The molecule has 0 aliphatic rings. The van der Waals surface area contributed by atoms with Gasteiger partial charge in [-0.3, -0.25) is 0 Å². The highest BCUT2D eigenvalue weighted by Gasteiger charge is 2.15. The number of rotatable bonds is 5. The minimum absolute atomic E-state index is 0.494. The maximum Gasteiger partial charge on any atom is 0.248 e. The molecule has 2 aromatic heterocycles. The predicted molar refractivity (Wildman–Crippen MR) is 155 cm³/mol. The molecule has 7 rings (SSSR count). The Balaban J connectivity index is 1.25. The molecule has 0 bridgehead atoms. The van der Waals surface area contributed by atoms with Crippen molar-refractivity contribution in [2.24, 2.45) is 0 Å². The van der Waals surface area contributed by atoms with Crippen LogP contribution in [-0.4, -0.2) is 20.2 Å². The van der Waals surface area contributed by atoms with Crippen LogP contribution in [0, 0.1) is 0 Å². The van der Waals surface area contributed by atoms with Gasteiger partial charge in [-0.05, 0) is 53.6 Å². The highest BCUT2D eigenvalue weighted by molar-refractivity contribution is 5.87. The summed E-state index contributed by atoms with van der Waals surface area (Å²) in [4.78, 5) is 10.1. The van der Waals surface area contributed by atoms with Crippen LogP contribution >= 0.6 is 0 Å². The van der Waals surface area contributed by atoms with E-state index in [0.29, 0.717) is 11.8 Å². The average molecular weight is 503 g/mol. The molecule has 7 aromatic rings. The van der Waals surface area contributed by atoms with E-state index in [1.165, 1.54) is 0 Å². The molecule has 0 spiro atoms. The first-order valence-electron chi connectivity index (χ1n) is 12.7. The molecule has 0 saturated carbocycles. The number of benzene rings is 5. The SMILES string of the molecule is c1ccc(-c2nnc(-c3ccc(-c4cccc(-c5nc6ccccc6nc5-c5ccccc5)c4)cc3)o2)cc1. The van der Waals surface area contributed by atoms with E-state index in [1.54, 1.807) is 0 Å². The smallest absolute Gasteiger partial charge is 0.248 e. The van der Waals surface area contributed by atoms with E-state index in [1.807, 2.05) is 84.9 Å². The van der Waals surface area contributed by atoms with Crippen molar-refractivity contribution in [1.29, 1.82) is 0 Å². The topological polar surface area (TPSA) is 64.7 Å². The average Bonchev–Trinajstić information content (AvgIpc) is 3.52. The van der Waals surface area contributed by atoms with Crippen molar-refractivity contribution in [2.75, 3.05) is 0 Å². The van der Waals surface area contributed by atoms with E-state index in [4.69, 9.17) is 14.4 Å². The lowest BCUT2D eigenvalue weighted by Crippen LogP contribution is -1.95. The van der Waals surface area contributed by atoms with Gasteiger partial charge in [0, 0.05) is 22.3 Å². The molecule has 2 heterocycles. The van der Waals surface area contributed by atoms with Gasteiger partial charge in [-0.25, -0.2) is 9.97 Å². The van der Waals surface area contributed by atoms with Crippen LogP contribution in [0.5, 0.6) is 0 Å². The third-order valence-corrected chi connectivity index (χ3v) is 6.66. The zero-order chi connectivity index (χ0) is 26.0.